The number of hydrogen-bond acceptors (Lipinski definition) is 5. The number of carbonyl (C=O) groups excluding carboxylic acids is 1. The van der Waals surface area contributed by atoms with Crippen LogP contribution in [-0.4, -0.2) is 22.6 Å². The zero-order chi connectivity index (χ0) is 17.3. The van der Waals surface area contributed by atoms with E-state index in [9.17, 15) is 9.59 Å². The molecule has 0 bridgehead atoms. The highest BCUT2D eigenvalue weighted by Crippen LogP contribution is 2.30. The molecule has 2 aromatic heterocycles. The molecule has 1 amide bonds. The Morgan fingerprint density at radius 1 is 1.46 bits per heavy atom. The Balaban J connectivity index is 1.87. The van der Waals surface area contributed by atoms with E-state index >= 15 is 0 Å². The molecule has 0 saturated heterocycles. The molecule has 8 heteroatoms. The molecule has 0 atom stereocenters. The maximum atomic E-state index is 12.3. The zero-order valence-corrected chi connectivity index (χ0v) is 13.8. The second kappa shape index (κ2) is 6.37. The molecule has 0 spiro atoms. The topological polar surface area (TPSA) is 86.4 Å². The van der Waals surface area contributed by atoms with Crippen molar-refractivity contribution in [3.8, 4) is 5.75 Å². The minimum absolute atomic E-state index is 0.228. The van der Waals surface area contributed by atoms with Crippen LogP contribution in [0.25, 0.3) is 11.2 Å². The quantitative estimate of drug-likeness (QED) is 0.784. The van der Waals surface area contributed by atoms with E-state index in [0.29, 0.717) is 27.7 Å². The number of anilines is 1. The molecule has 0 fully saturated rings. The van der Waals surface area contributed by atoms with Crippen LogP contribution in [0.1, 0.15) is 5.56 Å². The molecule has 2 heterocycles. The van der Waals surface area contributed by atoms with Crippen molar-refractivity contribution >= 4 is 34.4 Å². The Labute approximate surface area is 141 Å². The largest absolute Gasteiger partial charge is 0.495 e. The molecule has 3 rings (SSSR count). The highest BCUT2D eigenvalue weighted by molar-refractivity contribution is 6.31. The number of methoxy groups -OCH3 is 1. The number of fused-ring (bicyclic) bond motifs is 1. The van der Waals surface area contributed by atoms with Gasteiger partial charge in [-0.05, 0) is 30.7 Å². The summed E-state index contributed by atoms with van der Waals surface area (Å²) in [5, 5.41) is 3.24. The van der Waals surface area contributed by atoms with E-state index in [1.165, 1.54) is 17.9 Å². The first-order chi connectivity index (χ1) is 11.5. The van der Waals surface area contributed by atoms with Crippen LogP contribution in [0.5, 0.6) is 5.75 Å². The van der Waals surface area contributed by atoms with Gasteiger partial charge in [-0.25, -0.2) is 14.3 Å². The SMILES string of the molecule is COc1cc(Cl)c(C)cc1NC(=O)Cn1c(=O)oc2cccnc21. The van der Waals surface area contributed by atoms with Crippen LogP contribution in [0.3, 0.4) is 0 Å². The lowest BCUT2D eigenvalue weighted by Crippen LogP contribution is -2.25. The van der Waals surface area contributed by atoms with Crippen molar-refractivity contribution in [3.05, 3.63) is 51.6 Å². The number of nitrogens with one attached hydrogen (secondary N) is 1. The lowest BCUT2D eigenvalue weighted by Gasteiger charge is -2.12. The van der Waals surface area contributed by atoms with Gasteiger partial charge >= 0.3 is 5.76 Å². The molecular weight excluding hydrogens is 334 g/mol. The summed E-state index contributed by atoms with van der Waals surface area (Å²) in [6.45, 7) is 1.59. The summed E-state index contributed by atoms with van der Waals surface area (Å²) in [4.78, 5) is 28.3. The standard InChI is InChI=1S/C16H14ClN3O4/c1-9-6-11(13(23-2)7-10(9)17)19-14(21)8-20-15-12(24-16(20)22)4-3-5-18-15/h3-7H,8H2,1-2H3,(H,19,21). The smallest absolute Gasteiger partial charge is 0.421 e. The number of benzene rings is 1. The van der Waals surface area contributed by atoms with E-state index in [2.05, 4.69) is 10.3 Å². The van der Waals surface area contributed by atoms with E-state index in [0.717, 1.165) is 5.56 Å². The van der Waals surface area contributed by atoms with Crippen molar-refractivity contribution < 1.29 is 13.9 Å². The van der Waals surface area contributed by atoms with Crippen molar-refractivity contribution in [2.24, 2.45) is 0 Å². The molecule has 0 aliphatic rings. The van der Waals surface area contributed by atoms with Gasteiger partial charge in [-0.3, -0.25) is 4.79 Å². The van der Waals surface area contributed by atoms with Crippen LogP contribution in [0.2, 0.25) is 5.02 Å². The van der Waals surface area contributed by atoms with Gasteiger partial charge < -0.3 is 14.5 Å². The van der Waals surface area contributed by atoms with Crippen LogP contribution in [0, 0.1) is 6.92 Å². The minimum atomic E-state index is -0.641. The summed E-state index contributed by atoms with van der Waals surface area (Å²) < 4.78 is 11.4. The first kappa shape index (κ1) is 16.1. The fourth-order valence-corrected chi connectivity index (χ4v) is 2.46. The molecule has 0 aliphatic carbocycles. The molecule has 124 valence electrons. The van der Waals surface area contributed by atoms with E-state index in [4.69, 9.17) is 20.8 Å². The molecule has 0 saturated carbocycles. The van der Waals surface area contributed by atoms with Gasteiger partial charge in [0.05, 0.1) is 12.8 Å². The summed E-state index contributed by atoms with van der Waals surface area (Å²) in [5.74, 6) is -0.620. The Morgan fingerprint density at radius 3 is 3.00 bits per heavy atom. The number of amides is 1. The lowest BCUT2D eigenvalue weighted by atomic mass is 10.2. The third-order valence-corrected chi connectivity index (χ3v) is 3.89. The average molecular weight is 348 g/mol. The molecule has 0 unspecified atom stereocenters. The number of oxazole rings is 1. The normalized spacial score (nSPS) is 10.8. The number of aromatic nitrogens is 2. The number of carbonyl (C=O) groups is 1. The highest BCUT2D eigenvalue weighted by Gasteiger charge is 2.15. The second-order valence-corrected chi connectivity index (χ2v) is 5.54. The van der Waals surface area contributed by atoms with E-state index in [-0.39, 0.29) is 6.54 Å². The van der Waals surface area contributed by atoms with Gasteiger partial charge in [0, 0.05) is 17.3 Å². The van der Waals surface area contributed by atoms with Crippen LogP contribution >= 0.6 is 11.6 Å². The van der Waals surface area contributed by atoms with Gasteiger partial charge in [-0.2, -0.15) is 0 Å². The predicted molar refractivity (Wildman–Crippen MR) is 89.6 cm³/mol. The maximum absolute atomic E-state index is 12.3. The maximum Gasteiger partial charge on any atom is 0.421 e. The third-order valence-electron chi connectivity index (χ3n) is 3.48. The van der Waals surface area contributed by atoms with Crippen LogP contribution in [0.4, 0.5) is 5.69 Å². The van der Waals surface area contributed by atoms with Crippen LogP contribution < -0.4 is 15.8 Å². The van der Waals surface area contributed by atoms with Gasteiger partial charge in [0.25, 0.3) is 0 Å². The summed E-state index contributed by atoms with van der Waals surface area (Å²) in [7, 11) is 1.48. The minimum Gasteiger partial charge on any atom is -0.495 e. The van der Waals surface area contributed by atoms with E-state index in [1.807, 2.05) is 6.92 Å². The molecule has 0 radical (unpaired) electrons. The average Bonchev–Trinajstić information content (AvgIpc) is 2.86. The number of halogens is 1. The summed E-state index contributed by atoms with van der Waals surface area (Å²) in [6.07, 6.45) is 1.53. The fourth-order valence-electron chi connectivity index (χ4n) is 2.30. The summed E-state index contributed by atoms with van der Waals surface area (Å²) >= 11 is 6.04. The molecule has 0 aliphatic heterocycles. The Bertz CT molecular complexity index is 977. The third kappa shape index (κ3) is 2.98. The summed E-state index contributed by atoms with van der Waals surface area (Å²) in [6, 6.07) is 6.59. The lowest BCUT2D eigenvalue weighted by molar-refractivity contribution is -0.116. The van der Waals surface area contributed by atoms with E-state index < -0.39 is 11.7 Å². The van der Waals surface area contributed by atoms with Gasteiger partial charge in [0.2, 0.25) is 5.91 Å². The van der Waals surface area contributed by atoms with Gasteiger partial charge in [-0.15, -0.1) is 0 Å². The van der Waals surface area contributed by atoms with Crippen molar-refractivity contribution in [2.75, 3.05) is 12.4 Å². The molecular formula is C16H14ClN3O4. The number of rotatable bonds is 4. The molecule has 7 nitrogen and oxygen atoms in total. The van der Waals surface area contributed by atoms with Crippen molar-refractivity contribution in [1.29, 1.82) is 0 Å². The number of hydrogen-bond donors (Lipinski definition) is 1. The zero-order valence-electron chi connectivity index (χ0n) is 13.0. The number of nitrogens with zero attached hydrogens (tertiary/aromatic N) is 2. The highest BCUT2D eigenvalue weighted by atomic mass is 35.5. The van der Waals surface area contributed by atoms with Crippen LogP contribution in [0.15, 0.2) is 39.7 Å². The predicted octanol–water partition coefficient (Wildman–Crippen LogP) is 2.60. The first-order valence-corrected chi connectivity index (χ1v) is 7.45. The number of ether oxygens (including phenoxy) is 1. The summed E-state index contributed by atoms with van der Waals surface area (Å²) in [5.41, 5.74) is 1.91. The van der Waals surface area contributed by atoms with Crippen molar-refractivity contribution in [3.63, 3.8) is 0 Å². The molecule has 1 aromatic carbocycles. The Morgan fingerprint density at radius 2 is 2.25 bits per heavy atom. The first-order valence-electron chi connectivity index (χ1n) is 7.08. The Kier molecular flexibility index (Phi) is 4.26. The van der Waals surface area contributed by atoms with Crippen molar-refractivity contribution in [1.82, 2.24) is 9.55 Å². The van der Waals surface area contributed by atoms with E-state index in [1.54, 1.807) is 24.3 Å². The number of aryl methyl sites for hydroxylation is 1. The van der Waals surface area contributed by atoms with Gasteiger partial charge in [0.1, 0.15) is 12.3 Å². The van der Waals surface area contributed by atoms with Gasteiger partial charge in [0.15, 0.2) is 11.2 Å². The Hall–Kier alpha value is -2.80. The molecule has 24 heavy (non-hydrogen) atoms. The molecule has 1 N–H and O–H groups in total. The number of pyridine rings is 1. The van der Waals surface area contributed by atoms with Crippen LogP contribution in [-0.2, 0) is 11.3 Å². The van der Waals surface area contributed by atoms with Gasteiger partial charge in [-0.1, -0.05) is 11.6 Å². The van der Waals surface area contributed by atoms with Crippen molar-refractivity contribution in [2.45, 2.75) is 13.5 Å². The fraction of sp³-hybridized carbons (Fsp3) is 0.188. The monoisotopic (exact) mass is 347 g/mol. The molecule has 3 aromatic rings. The second-order valence-electron chi connectivity index (χ2n) is 5.13.